The van der Waals surface area contributed by atoms with Crippen molar-refractivity contribution in [2.75, 3.05) is 0 Å². The van der Waals surface area contributed by atoms with Gasteiger partial charge < -0.3 is 5.11 Å². The molecule has 1 N–H and O–H groups in total. The average Bonchev–Trinajstić information content (AvgIpc) is 2.82. The third kappa shape index (κ3) is 1.78. The lowest BCUT2D eigenvalue weighted by Gasteiger charge is -2.08. The highest BCUT2D eigenvalue weighted by molar-refractivity contribution is 5.94. The molecular formula is C15H13NO2. The number of rotatable bonds is 2. The van der Waals surface area contributed by atoms with Gasteiger partial charge in [0.25, 0.3) is 0 Å². The van der Waals surface area contributed by atoms with Gasteiger partial charge in [-0.25, -0.2) is 4.79 Å². The Bertz CT molecular complexity index is 659. The lowest BCUT2D eigenvalue weighted by molar-refractivity contribution is -0.131. The van der Waals surface area contributed by atoms with Gasteiger partial charge in [-0.15, -0.1) is 0 Å². The molecule has 0 radical (unpaired) electrons. The number of aromatic nitrogens is 1. The average molecular weight is 239 g/mol. The summed E-state index contributed by atoms with van der Waals surface area (Å²) in [6.07, 6.45) is 6.00. The summed E-state index contributed by atoms with van der Waals surface area (Å²) >= 11 is 0. The number of carboxylic acids is 1. The van der Waals surface area contributed by atoms with Crippen molar-refractivity contribution in [3.63, 3.8) is 0 Å². The van der Waals surface area contributed by atoms with Crippen LogP contribution in [0.25, 0.3) is 17.0 Å². The van der Waals surface area contributed by atoms with E-state index in [0.29, 0.717) is 0 Å². The fourth-order valence-electron chi connectivity index (χ4n) is 2.59. The first-order valence-corrected chi connectivity index (χ1v) is 6.07. The van der Waals surface area contributed by atoms with Crippen molar-refractivity contribution in [3.8, 4) is 0 Å². The van der Waals surface area contributed by atoms with Crippen LogP contribution in [0.1, 0.15) is 23.2 Å². The Morgan fingerprint density at radius 2 is 2.11 bits per heavy atom. The number of hydrogen-bond donors (Lipinski definition) is 1. The lowest BCUT2D eigenvalue weighted by atomic mass is 10.0. The molecule has 3 heteroatoms. The molecule has 1 aliphatic carbocycles. The summed E-state index contributed by atoms with van der Waals surface area (Å²) in [5, 5.41) is 9.83. The van der Waals surface area contributed by atoms with Crippen LogP contribution in [-0.4, -0.2) is 16.1 Å². The number of aliphatic carboxylic acids is 1. The molecule has 0 atom stereocenters. The molecule has 3 rings (SSSR count). The van der Waals surface area contributed by atoms with Crippen molar-refractivity contribution >= 4 is 22.9 Å². The van der Waals surface area contributed by atoms with Crippen LogP contribution in [0.15, 0.2) is 30.3 Å². The molecule has 0 fully saturated rings. The zero-order valence-electron chi connectivity index (χ0n) is 9.89. The maximum absolute atomic E-state index is 10.7. The van der Waals surface area contributed by atoms with E-state index in [1.807, 2.05) is 24.3 Å². The van der Waals surface area contributed by atoms with Crippen LogP contribution in [0.4, 0.5) is 0 Å². The Hall–Kier alpha value is -2.16. The molecule has 0 amide bonds. The highest BCUT2D eigenvalue weighted by Gasteiger charge is 2.17. The van der Waals surface area contributed by atoms with Crippen molar-refractivity contribution in [1.82, 2.24) is 4.98 Å². The summed E-state index contributed by atoms with van der Waals surface area (Å²) in [6, 6.07) is 7.90. The first kappa shape index (κ1) is 11.0. The van der Waals surface area contributed by atoms with Crippen LogP contribution in [0, 0.1) is 0 Å². The molecule has 1 aliphatic rings. The smallest absolute Gasteiger partial charge is 0.328 e. The first-order chi connectivity index (χ1) is 8.75. The molecule has 0 aliphatic heterocycles. The van der Waals surface area contributed by atoms with Gasteiger partial charge in [0.15, 0.2) is 0 Å². The van der Waals surface area contributed by atoms with E-state index >= 15 is 0 Å². The topological polar surface area (TPSA) is 50.2 Å². The Balaban J connectivity index is 2.29. The van der Waals surface area contributed by atoms with Crippen LogP contribution in [0.3, 0.4) is 0 Å². The normalized spacial score (nSPS) is 14.2. The van der Waals surface area contributed by atoms with Gasteiger partial charge in [0, 0.05) is 17.2 Å². The van der Waals surface area contributed by atoms with Gasteiger partial charge in [-0.05, 0) is 42.5 Å². The molecule has 0 saturated heterocycles. The van der Waals surface area contributed by atoms with E-state index in [1.54, 1.807) is 6.08 Å². The summed E-state index contributed by atoms with van der Waals surface area (Å²) in [5.74, 6) is -0.914. The maximum Gasteiger partial charge on any atom is 0.328 e. The number of nitrogens with zero attached hydrogens (tertiary/aromatic N) is 1. The Kier molecular flexibility index (Phi) is 2.59. The molecule has 1 heterocycles. The first-order valence-electron chi connectivity index (χ1n) is 6.07. The quantitative estimate of drug-likeness (QED) is 0.820. The Morgan fingerprint density at radius 3 is 2.94 bits per heavy atom. The third-order valence-corrected chi connectivity index (χ3v) is 3.36. The molecule has 0 saturated carbocycles. The zero-order chi connectivity index (χ0) is 12.5. The fraction of sp³-hybridized carbons (Fsp3) is 0.200. The Morgan fingerprint density at radius 1 is 1.28 bits per heavy atom. The number of benzene rings is 1. The van der Waals surface area contributed by atoms with Gasteiger partial charge in [-0.3, -0.25) is 4.98 Å². The predicted molar refractivity (Wildman–Crippen MR) is 70.4 cm³/mol. The number of hydrogen-bond acceptors (Lipinski definition) is 2. The molecule has 90 valence electrons. The van der Waals surface area contributed by atoms with Crippen LogP contribution in [0.5, 0.6) is 0 Å². The van der Waals surface area contributed by atoms with Crippen molar-refractivity contribution in [3.05, 3.63) is 47.2 Å². The number of aryl methyl sites for hydroxylation is 1. The second-order valence-electron chi connectivity index (χ2n) is 4.49. The molecule has 0 unspecified atom stereocenters. The molecule has 2 aromatic rings. The Labute approximate surface area is 105 Å². The van der Waals surface area contributed by atoms with Crippen molar-refractivity contribution in [2.45, 2.75) is 19.3 Å². The summed E-state index contributed by atoms with van der Waals surface area (Å²) in [4.78, 5) is 15.4. The predicted octanol–water partition coefficient (Wildman–Crippen LogP) is 2.82. The van der Waals surface area contributed by atoms with Crippen LogP contribution >= 0.6 is 0 Å². The highest BCUT2D eigenvalue weighted by Crippen LogP contribution is 2.30. The highest BCUT2D eigenvalue weighted by atomic mass is 16.4. The monoisotopic (exact) mass is 239 g/mol. The third-order valence-electron chi connectivity index (χ3n) is 3.36. The summed E-state index contributed by atoms with van der Waals surface area (Å²) in [7, 11) is 0. The second kappa shape index (κ2) is 4.26. The van der Waals surface area contributed by atoms with E-state index in [2.05, 4.69) is 4.98 Å². The zero-order valence-corrected chi connectivity index (χ0v) is 9.89. The van der Waals surface area contributed by atoms with Gasteiger partial charge in [-0.2, -0.15) is 0 Å². The van der Waals surface area contributed by atoms with Crippen molar-refractivity contribution in [1.29, 1.82) is 0 Å². The van der Waals surface area contributed by atoms with Crippen LogP contribution in [0.2, 0.25) is 0 Å². The SMILES string of the molecule is O=C(O)/C=C/c1c2c(nc3ccccc13)CCC2. The van der Waals surface area contributed by atoms with Gasteiger partial charge in [0.05, 0.1) is 5.52 Å². The molecule has 0 spiro atoms. The molecule has 1 aromatic heterocycles. The minimum Gasteiger partial charge on any atom is -0.478 e. The second-order valence-corrected chi connectivity index (χ2v) is 4.49. The van der Waals surface area contributed by atoms with E-state index < -0.39 is 5.97 Å². The number of fused-ring (bicyclic) bond motifs is 2. The number of carbonyl (C=O) groups is 1. The summed E-state index contributed by atoms with van der Waals surface area (Å²) < 4.78 is 0. The minimum absolute atomic E-state index is 0.914. The fourth-order valence-corrected chi connectivity index (χ4v) is 2.59. The van der Waals surface area contributed by atoms with Crippen molar-refractivity contribution < 1.29 is 9.90 Å². The van der Waals surface area contributed by atoms with Gasteiger partial charge >= 0.3 is 5.97 Å². The van der Waals surface area contributed by atoms with Gasteiger partial charge in [0.1, 0.15) is 0 Å². The van der Waals surface area contributed by atoms with Crippen molar-refractivity contribution in [2.24, 2.45) is 0 Å². The van der Waals surface area contributed by atoms with E-state index in [1.165, 1.54) is 11.6 Å². The molecule has 1 aromatic carbocycles. The molecule has 3 nitrogen and oxygen atoms in total. The van der Waals surface area contributed by atoms with Crippen LogP contribution < -0.4 is 0 Å². The number of para-hydroxylation sites is 1. The van der Waals surface area contributed by atoms with E-state index in [4.69, 9.17) is 5.11 Å². The minimum atomic E-state index is -0.914. The van der Waals surface area contributed by atoms with Crippen LogP contribution in [-0.2, 0) is 17.6 Å². The van der Waals surface area contributed by atoms with E-state index in [0.717, 1.165) is 41.4 Å². The summed E-state index contributed by atoms with van der Waals surface area (Å²) in [6.45, 7) is 0. The van der Waals surface area contributed by atoms with E-state index in [9.17, 15) is 4.79 Å². The molecular weight excluding hydrogens is 226 g/mol. The number of carboxylic acid groups (broad SMARTS) is 1. The maximum atomic E-state index is 10.7. The molecule has 0 bridgehead atoms. The standard InChI is InChI=1S/C15H13NO2/c17-15(18)9-8-10-11-4-1-2-6-13(11)16-14-7-3-5-12(10)14/h1-2,4,6,8-9H,3,5,7H2,(H,17,18)/b9-8+. The molecule has 18 heavy (non-hydrogen) atoms. The van der Waals surface area contributed by atoms with Gasteiger partial charge in [0.2, 0.25) is 0 Å². The van der Waals surface area contributed by atoms with Gasteiger partial charge in [-0.1, -0.05) is 18.2 Å². The lowest BCUT2D eigenvalue weighted by Crippen LogP contribution is -1.95. The number of pyridine rings is 1. The van der Waals surface area contributed by atoms with E-state index in [-0.39, 0.29) is 0 Å². The summed E-state index contributed by atoms with van der Waals surface area (Å²) in [5.41, 5.74) is 4.31. The largest absolute Gasteiger partial charge is 0.478 e.